The highest BCUT2D eigenvalue weighted by atomic mass is 16.6. The van der Waals surface area contributed by atoms with Crippen molar-refractivity contribution in [3.63, 3.8) is 0 Å². The van der Waals surface area contributed by atoms with Crippen molar-refractivity contribution in [2.45, 2.75) is 6.92 Å². The first kappa shape index (κ1) is 17.8. The van der Waals surface area contributed by atoms with Gasteiger partial charge in [0.15, 0.2) is 0 Å². The zero-order chi connectivity index (χ0) is 13.3. The predicted molar refractivity (Wildman–Crippen MR) is 68.8 cm³/mol. The molecule has 0 rings (SSSR count). The molecule has 0 bridgehead atoms. The van der Waals surface area contributed by atoms with Gasteiger partial charge < -0.3 is 29.4 Å². The molecule has 0 fully saturated rings. The lowest BCUT2D eigenvalue weighted by atomic mass is 10.7. The maximum atomic E-state index is 5.32. The third-order valence-corrected chi connectivity index (χ3v) is 1.95. The van der Waals surface area contributed by atoms with E-state index in [0.717, 1.165) is 6.61 Å². The summed E-state index contributed by atoms with van der Waals surface area (Å²) in [6.45, 7) is 8.56. The summed E-state index contributed by atoms with van der Waals surface area (Å²) in [5.74, 6) is 0. The molecule has 6 nitrogen and oxygen atoms in total. The normalized spacial score (nSPS) is 11.0. The topological polar surface area (TPSA) is 72.2 Å². The van der Waals surface area contributed by atoms with Gasteiger partial charge >= 0.3 is 0 Å². The minimum Gasteiger partial charge on any atom is -0.379 e. The fourth-order valence-electron chi connectivity index (χ4n) is 1.11. The van der Waals surface area contributed by atoms with Gasteiger partial charge in [0.1, 0.15) is 0 Å². The Morgan fingerprint density at radius 1 is 0.556 bits per heavy atom. The highest BCUT2D eigenvalue weighted by molar-refractivity contribution is 4.36. The molecule has 6 heteroatoms. The highest BCUT2D eigenvalue weighted by Crippen LogP contribution is 1.83. The molecule has 18 heavy (non-hydrogen) atoms. The van der Waals surface area contributed by atoms with Gasteiger partial charge in [0.05, 0.1) is 59.5 Å². The Bertz CT molecular complexity index is 132. The molecule has 0 amide bonds. The quantitative estimate of drug-likeness (QED) is 0.422. The van der Waals surface area contributed by atoms with Gasteiger partial charge in [-0.05, 0) is 6.92 Å². The summed E-state index contributed by atoms with van der Waals surface area (Å²) in [4.78, 5) is 0. The molecular weight excluding hydrogens is 238 g/mol. The lowest BCUT2D eigenvalue weighted by Gasteiger charge is -2.07. The summed E-state index contributed by atoms with van der Waals surface area (Å²) in [7, 11) is 0. The first-order valence-corrected chi connectivity index (χ1v) is 6.50. The molecule has 110 valence electrons. The van der Waals surface area contributed by atoms with Crippen molar-refractivity contribution in [1.29, 1.82) is 0 Å². The first-order chi connectivity index (χ1) is 8.91. The van der Waals surface area contributed by atoms with Crippen molar-refractivity contribution >= 4 is 0 Å². The van der Waals surface area contributed by atoms with Gasteiger partial charge in [-0.25, -0.2) is 0 Å². The zero-order valence-electron chi connectivity index (χ0n) is 11.4. The van der Waals surface area contributed by atoms with Crippen molar-refractivity contribution in [3.05, 3.63) is 0 Å². The molecule has 0 heterocycles. The molecule has 0 aromatic carbocycles. The maximum Gasteiger partial charge on any atom is 0.0701 e. The average Bonchev–Trinajstić information content (AvgIpc) is 2.39. The number of rotatable bonds is 15. The highest BCUT2D eigenvalue weighted by Gasteiger charge is 1.92. The second-order valence-electron chi connectivity index (χ2n) is 3.44. The molecule has 0 aromatic rings. The van der Waals surface area contributed by atoms with Gasteiger partial charge in [-0.3, -0.25) is 0 Å². The number of hydrogen-bond donors (Lipinski definition) is 1. The number of nitrogens with two attached hydrogens (primary N) is 1. The van der Waals surface area contributed by atoms with Crippen LogP contribution in [0.5, 0.6) is 0 Å². The third kappa shape index (κ3) is 15.8. The Morgan fingerprint density at radius 2 is 0.889 bits per heavy atom. The summed E-state index contributed by atoms with van der Waals surface area (Å²) in [5, 5.41) is 0. The summed E-state index contributed by atoms with van der Waals surface area (Å²) in [6, 6.07) is 0. The Hall–Kier alpha value is -0.240. The molecule has 2 N–H and O–H groups in total. The van der Waals surface area contributed by atoms with Gasteiger partial charge in [-0.2, -0.15) is 0 Å². The Labute approximate surface area is 110 Å². The van der Waals surface area contributed by atoms with Crippen LogP contribution in [-0.4, -0.2) is 72.6 Å². The van der Waals surface area contributed by atoms with E-state index >= 15 is 0 Å². The molecule has 0 aliphatic carbocycles. The third-order valence-electron chi connectivity index (χ3n) is 1.95. The van der Waals surface area contributed by atoms with Crippen LogP contribution >= 0.6 is 0 Å². The van der Waals surface area contributed by atoms with Gasteiger partial charge in [0.25, 0.3) is 0 Å². The van der Waals surface area contributed by atoms with Gasteiger partial charge in [0.2, 0.25) is 0 Å². The zero-order valence-corrected chi connectivity index (χ0v) is 11.4. The van der Waals surface area contributed by atoms with Crippen molar-refractivity contribution in [2.24, 2.45) is 5.73 Å². The average molecular weight is 265 g/mol. The standard InChI is InChI=1S/C12H27NO5/c1-2-14-5-6-16-9-10-18-12-11-17-8-7-15-4-3-13/h2-13H2,1H3. The first-order valence-electron chi connectivity index (χ1n) is 6.50. The van der Waals surface area contributed by atoms with E-state index in [9.17, 15) is 0 Å². The number of hydrogen-bond acceptors (Lipinski definition) is 6. The van der Waals surface area contributed by atoms with Crippen molar-refractivity contribution in [2.75, 3.05) is 72.6 Å². The van der Waals surface area contributed by atoms with Crippen molar-refractivity contribution in [1.82, 2.24) is 0 Å². The molecule has 0 aromatic heterocycles. The molecule has 0 atom stereocenters. The Morgan fingerprint density at radius 3 is 1.22 bits per heavy atom. The predicted octanol–water partition coefficient (Wildman–Crippen LogP) is 0.0480. The van der Waals surface area contributed by atoms with E-state index in [0.29, 0.717) is 66.0 Å². The summed E-state index contributed by atoms with van der Waals surface area (Å²) < 4.78 is 26.2. The van der Waals surface area contributed by atoms with Gasteiger partial charge in [-0.1, -0.05) is 0 Å². The smallest absolute Gasteiger partial charge is 0.0701 e. The summed E-state index contributed by atoms with van der Waals surface area (Å²) >= 11 is 0. The SMILES string of the molecule is CCOCCOCCOCCOCCOCCN. The maximum absolute atomic E-state index is 5.32. The van der Waals surface area contributed by atoms with Crippen LogP contribution in [0.2, 0.25) is 0 Å². The molecule has 0 saturated heterocycles. The lowest BCUT2D eigenvalue weighted by molar-refractivity contribution is -0.00967. The monoisotopic (exact) mass is 265 g/mol. The van der Waals surface area contributed by atoms with E-state index in [1.54, 1.807) is 0 Å². The van der Waals surface area contributed by atoms with Crippen LogP contribution in [0.1, 0.15) is 6.92 Å². The van der Waals surface area contributed by atoms with Gasteiger partial charge in [-0.15, -0.1) is 0 Å². The Balaban J connectivity index is 2.86. The summed E-state index contributed by atoms with van der Waals surface area (Å²) in [5.41, 5.74) is 5.27. The van der Waals surface area contributed by atoms with Crippen LogP contribution in [0, 0.1) is 0 Å². The second kappa shape index (κ2) is 16.8. The van der Waals surface area contributed by atoms with Crippen LogP contribution in [0.4, 0.5) is 0 Å². The van der Waals surface area contributed by atoms with Crippen LogP contribution in [0.25, 0.3) is 0 Å². The van der Waals surface area contributed by atoms with E-state index in [4.69, 9.17) is 29.4 Å². The minimum absolute atomic E-state index is 0.548. The van der Waals surface area contributed by atoms with Crippen molar-refractivity contribution < 1.29 is 23.7 Å². The summed E-state index contributed by atoms with van der Waals surface area (Å²) in [6.07, 6.45) is 0. The second-order valence-corrected chi connectivity index (χ2v) is 3.44. The number of ether oxygens (including phenoxy) is 5. The van der Waals surface area contributed by atoms with E-state index in [1.807, 2.05) is 6.92 Å². The van der Waals surface area contributed by atoms with Crippen molar-refractivity contribution in [3.8, 4) is 0 Å². The molecule has 0 unspecified atom stereocenters. The van der Waals surface area contributed by atoms with Crippen LogP contribution < -0.4 is 5.73 Å². The lowest BCUT2D eigenvalue weighted by Crippen LogP contribution is -2.14. The van der Waals surface area contributed by atoms with E-state index < -0.39 is 0 Å². The van der Waals surface area contributed by atoms with Crippen LogP contribution in [0.3, 0.4) is 0 Å². The van der Waals surface area contributed by atoms with E-state index in [2.05, 4.69) is 0 Å². The van der Waals surface area contributed by atoms with E-state index in [1.165, 1.54) is 0 Å². The minimum atomic E-state index is 0.548. The Kier molecular flexibility index (Phi) is 16.5. The molecule has 0 spiro atoms. The fourth-order valence-corrected chi connectivity index (χ4v) is 1.11. The molecular formula is C12H27NO5. The molecule has 0 aliphatic heterocycles. The van der Waals surface area contributed by atoms with Gasteiger partial charge in [0, 0.05) is 13.2 Å². The molecule has 0 radical (unpaired) electrons. The largest absolute Gasteiger partial charge is 0.379 e. The van der Waals surface area contributed by atoms with E-state index in [-0.39, 0.29) is 0 Å². The van der Waals surface area contributed by atoms with Crippen LogP contribution in [-0.2, 0) is 23.7 Å². The molecule has 0 aliphatic rings. The molecule has 0 saturated carbocycles. The fraction of sp³-hybridized carbons (Fsp3) is 1.00. The van der Waals surface area contributed by atoms with Crippen LogP contribution in [0.15, 0.2) is 0 Å².